The molecule has 0 aliphatic carbocycles. The van der Waals surface area contributed by atoms with Gasteiger partial charge in [-0.2, -0.15) is 0 Å². The number of nitrogens with zero attached hydrogens (tertiary/aromatic N) is 2. The average Bonchev–Trinajstić information content (AvgIpc) is 3.21. The molecule has 2 aromatic rings. The van der Waals surface area contributed by atoms with Gasteiger partial charge in [-0.1, -0.05) is 6.07 Å². The topological polar surface area (TPSA) is 56.4 Å². The van der Waals surface area contributed by atoms with Crippen molar-refractivity contribution in [1.82, 2.24) is 14.8 Å². The van der Waals surface area contributed by atoms with Crippen molar-refractivity contribution < 1.29 is 9.59 Å². The zero-order valence-electron chi connectivity index (χ0n) is 16.0. The molecule has 0 unspecified atom stereocenters. The van der Waals surface area contributed by atoms with Gasteiger partial charge in [0.05, 0.1) is 11.7 Å². The molecule has 0 spiro atoms. The fraction of sp³-hybridized carbons (Fsp3) is 0.500. The van der Waals surface area contributed by atoms with Gasteiger partial charge in [0.25, 0.3) is 0 Å². The van der Waals surface area contributed by atoms with Crippen LogP contribution in [0.1, 0.15) is 50.8 Å². The van der Waals surface area contributed by atoms with Crippen molar-refractivity contribution >= 4 is 22.9 Å². The van der Waals surface area contributed by atoms with Gasteiger partial charge < -0.3 is 4.98 Å². The summed E-state index contributed by atoms with van der Waals surface area (Å²) in [6.45, 7) is 11.9. The highest BCUT2D eigenvalue weighted by molar-refractivity contribution is 7.09. The van der Waals surface area contributed by atoms with Gasteiger partial charge in [0, 0.05) is 48.9 Å². The molecule has 0 aromatic carbocycles. The Labute approximate surface area is 159 Å². The molecule has 0 saturated carbocycles. The van der Waals surface area contributed by atoms with Gasteiger partial charge in [0.1, 0.15) is 0 Å². The number of aromatic nitrogens is 1. The minimum Gasteiger partial charge on any atom is -0.355 e. The number of aryl methyl sites for hydroxylation is 1. The quantitative estimate of drug-likeness (QED) is 0.790. The molecule has 1 fully saturated rings. The molecule has 1 aliphatic rings. The van der Waals surface area contributed by atoms with Crippen LogP contribution in [0, 0.1) is 13.8 Å². The van der Waals surface area contributed by atoms with Crippen LogP contribution < -0.4 is 0 Å². The molecule has 0 bridgehead atoms. The Kier molecular flexibility index (Phi) is 5.75. The summed E-state index contributed by atoms with van der Waals surface area (Å²) >= 11 is 1.79. The summed E-state index contributed by atoms with van der Waals surface area (Å²) in [5, 5.41) is 2.11. The first-order valence-electron chi connectivity index (χ1n) is 9.11. The minimum absolute atomic E-state index is 0.00476. The van der Waals surface area contributed by atoms with Crippen LogP contribution in [-0.4, -0.2) is 58.6 Å². The van der Waals surface area contributed by atoms with E-state index in [-0.39, 0.29) is 17.6 Å². The molecular weight excluding hydrogens is 346 g/mol. The molecule has 0 radical (unpaired) electrons. The van der Waals surface area contributed by atoms with E-state index in [0.717, 1.165) is 44.0 Å². The number of hydrogen-bond acceptors (Lipinski definition) is 5. The third-order valence-corrected chi connectivity index (χ3v) is 6.19. The Morgan fingerprint density at radius 2 is 1.92 bits per heavy atom. The molecule has 1 aliphatic heterocycles. The van der Waals surface area contributed by atoms with Gasteiger partial charge in [-0.15, -0.1) is 11.3 Å². The number of ketones is 2. The van der Waals surface area contributed by atoms with E-state index in [0.29, 0.717) is 11.3 Å². The Hall–Kier alpha value is -1.76. The lowest BCUT2D eigenvalue weighted by Gasteiger charge is -2.37. The highest BCUT2D eigenvalue weighted by atomic mass is 32.1. The number of thiophene rings is 1. The average molecular weight is 374 g/mol. The lowest BCUT2D eigenvalue weighted by Crippen LogP contribution is -2.51. The second kappa shape index (κ2) is 7.86. The van der Waals surface area contributed by atoms with E-state index in [1.54, 1.807) is 18.3 Å². The summed E-state index contributed by atoms with van der Waals surface area (Å²) < 4.78 is 0. The monoisotopic (exact) mass is 373 g/mol. The number of nitrogens with one attached hydrogen (secondary N) is 1. The maximum absolute atomic E-state index is 13.0. The van der Waals surface area contributed by atoms with Crippen LogP contribution in [0.5, 0.6) is 0 Å². The van der Waals surface area contributed by atoms with E-state index in [1.807, 2.05) is 20.8 Å². The van der Waals surface area contributed by atoms with Crippen LogP contribution in [0.25, 0.3) is 0 Å². The first-order chi connectivity index (χ1) is 12.4. The zero-order valence-corrected chi connectivity index (χ0v) is 16.8. The highest BCUT2D eigenvalue weighted by Gasteiger charge is 2.29. The molecule has 1 saturated heterocycles. The van der Waals surface area contributed by atoms with E-state index in [1.165, 1.54) is 4.88 Å². The van der Waals surface area contributed by atoms with Gasteiger partial charge in [0.15, 0.2) is 11.6 Å². The van der Waals surface area contributed by atoms with Crippen LogP contribution in [0.2, 0.25) is 0 Å². The Bertz CT molecular complexity index is 786. The summed E-state index contributed by atoms with van der Waals surface area (Å²) in [4.78, 5) is 34.0. The smallest absolute Gasteiger partial charge is 0.196 e. The fourth-order valence-corrected chi connectivity index (χ4v) is 4.58. The van der Waals surface area contributed by atoms with Crippen LogP contribution >= 0.6 is 11.3 Å². The van der Waals surface area contributed by atoms with Crippen LogP contribution in [-0.2, 0) is 6.54 Å². The third-order valence-electron chi connectivity index (χ3n) is 5.33. The number of H-pyrrole nitrogens is 1. The lowest BCUT2D eigenvalue weighted by atomic mass is 10.0. The standard InChI is InChI=1S/C20H27N3O2S/c1-13-18(16(4)24)14(2)21-19(13)20(25)15(3)23-9-7-22(8-10-23)12-17-6-5-11-26-17/h5-6,11,15,21H,7-10,12H2,1-4H3/t15-/m1/s1. The second-order valence-corrected chi connectivity index (χ2v) is 8.15. The molecule has 1 N–H and O–H groups in total. The fourth-order valence-electron chi connectivity index (χ4n) is 3.83. The van der Waals surface area contributed by atoms with Crippen molar-refractivity contribution in [3.8, 4) is 0 Å². The van der Waals surface area contributed by atoms with Crippen molar-refractivity contribution in [3.05, 3.63) is 44.9 Å². The molecule has 2 aromatic heterocycles. The molecule has 5 nitrogen and oxygen atoms in total. The van der Waals surface area contributed by atoms with Crippen LogP contribution in [0.15, 0.2) is 17.5 Å². The summed E-state index contributed by atoms with van der Waals surface area (Å²) in [7, 11) is 0. The number of aromatic amines is 1. The maximum Gasteiger partial charge on any atom is 0.196 e. The van der Waals surface area contributed by atoms with Gasteiger partial charge in [-0.3, -0.25) is 19.4 Å². The summed E-state index contributed by atoms with van der Waals surface area (Å²) in [6, 6.07) is 4.08. The summed E-state index contributed by atoms with van der Waals surface area (Å²) in [5.74, 6) is 0.0787. The number of carbonyl (C=O) groups is 2. The predicted octanol–water partition coefficient (Wildman–Crippen LogP) is 3.28. The maximum atomic E-state index is 13.0. The highest BCUT2D eigenvalue weighted by Crippen LogP contribution is 2.22. The van der Waals surface area contributed by atoms with Gasteiger partial charge in [0.2, 0.25) is 0 Å². The van der Waals surface area contributed by atoms with E-state index in [2.05, 4.69) is 32.3 Å². The van der Waals surface area contributed by atoms with E-state index in [9.17, 15) is 9.59 Å². The van der Waals surface area contributed by atoms with E-state index < -0.39 is 0 Å². The molecule has 26 heavy (non-hydrogen) atoms. The number of Topliss-reactive ketones (excluding diaryl/α,β-unsaturated/α-hetero) is 2. The van der Waals surface area contributed by atoms with Gasteiger partial charge in [-0.25, -0.2) is 0 Å². The van der Waals surface area contributed by atoms with Crippen LogP contribution in [0.4, 0.5) is 0 Å². The molecule has 3 rings (SSSR count). The summed E-state index contributed by atoms with van der Waals surface area (Å²) in [6.07, 6.45) is 0. The van der Waals surface area contributed by atoms with E-state index in [4.69, 9.17) is 0 Å². The predicted molar refractivity (Wildman–Crippen MR) is 105 cm³/mol. The molecule has 3 heterocycles. The number of carbonyl (C=O) groups excluding carboxylic acids is 2. The zero-order chi connectivity index (χ0) is 18.8. The van der Waals surface area contributed by atoms with Crippen molar-refractivity contribution in [1.29, 1.82) is 0 Å². The van der Waals surface area contributed by atoms with Gasteiger partial charge in [-0.05, 0) is 44.7 Å². The third kappa shape index (κ3) is 3.82. The molecular formula is C20H27N3O2S. The Morgan fingerprint density at radius 1 is 1.23 bits per heavy atom. The first kappa shape index (κ1) is 19.0. The SMILES string of the molecule is CC(=O)c1c(C)[nH]c(C(=O)[C@@H](C)N2CCN(Cc3cccs3)CC2)c1C. The molecule has 6 heteroatoms. The van der Waals surface area contributed by atoms with Crippen LogP contribution in [0.3, 0.4) is 0 Å². The molecule has 140 valence electrons. The van der Waals surface area contributed by atoms with Crippen molar-refractivity contribution in [2.75, 3.05) is 26.2 Å². The largest absolute Gasteiger partial charge is 0.355 e. The van der Waals surface area contributed by atoms with Gasteiger partial charge >= 0.3 is 0 Å². The summed E-state index contributed by atoms with van der Waals surface area (Å²) in [5.41, 5.74) is 2.80. The first-order valence-corrected chi connectivity index (χ1v) is 9.99. The molecule has 0 amide bonds. The number of hydrogen-bond donors (Lipinski definition) is 1. The number of rotatable bonds is 6. The lowest BCUT2D eigenvalue weighted by molar-refractivity contribution is 0.0684. The second-order valence-electron chi connectivity index (χ2n) is 7.11. The Morgan fingerprint density at radius 3 is 2.46 bits per heavy atom. The van der Waals surface area contributed by atoms with E-state index >= 15 is 0 Å². The van der Waals surface area contributed by atoms with Crippen molar-refractivity contribution in [3.63, 3.8) is 0 Å². The normalized spacial score (nSPS) is 17.4. The Balaban J connectivity index is 1.63. The van der Waals surface area contributed by atoms with Crippen molar-refractivity contribution in [2.45, 2.75) is 40.3 Å². The molecule has 1 atom stereocenters. The van der Waals surface area contributed by atoms with Crippen molar-refractivity contribution in [2.24, 2.45) is 0 Å². The number of piperazine rings is 1. The minimum atomic E-state index is -0.185.